The largest absolute Gasteiger partial charge is 0.494 e. The van der Waals surface area contributed by atoms with Crippen LogP contribution in [0.25, 0.3) is 11.0 Å². The van der Waals surface area contributed by atoms with Crippen molar-refractivity contribution in [3.8, 4) is 11.5 Å². The topological polar surface area (TPSA) is 60.7 Å². The molecule has 1 aromatic heterocycles. The fourth-order valence-electron chi connectivity index (χ4n) is 2.47. The summed E-state index contributed by atoms with van der Waals surface area (Å²) in [5, 5.41) is 3.65. The first-order valence-corrected chi connectivity index (χ1v) is 8.32. The lowest BCUT2D eigenvalue weighted by Gasteiger charge is -2.07. The van der Waals surface area contributed by atoms with Crippen LogP contribution in [0.3, 0.4) is 0 Å². The van der Waals surface area contributed by atoms with Gasteiger partial charge in [0.2, 0.25) is 0 Å². The van der Waals surface area contributed by atoms with Crippen molar-refractivity contribution in [2.24, 2.45) is 0 Å². The van der Waals surface area contributed by atoms with Crippen LogP contribution < -0.4 is 14.8 Å². The third-order valence-electron chi connectivity index (χ3n) is 3.83. The molecule has 1 N–H and O–H groups in total. The van der Waals surface area contributed by atoms with Crippen LogP contribution in [-0.2, 0) is 0 Å². The van der Waals surface area contributed by atoms with Crippen LogP contribution in [0.2, 0.25) is 0 Å². The minimum atomic E-state index is -0.307. The fourth-order valence-corrected chi connectivity index (χ4v) is 2.47. The highest BCUT2D eigenvalue weighted by molar-refractivity contribution is 6.05. The van der Waals surface area contributed by atoms with Crippen molar-refractivity contribution in [3.05, 3.63) is 54.3 Å². The van der Waals surface area contributed by atoms with Gasteiger partial charge in [-0.1, -0.05) is 25.5 Å². The van der Waals surface area contributed by atoms with Gasteiger partial charge in [0.25, 0.3) is 5.91 Å². The van der Waals surface area contributed by atoms with Crippen molar-refractivity contribution in [3.63, 3.8) is 0 Å². The summed E-state index contributed by atoms with van der Waals surface area (Å²) in [4.78, 5) is 12.4. The molecule has 0 aliphatic carbocycles. The normalized spacial score (nSPS) is 10.6. The first kappa shape index (κ1) is 16.9. The van der Waals surface area contributed by atoms with E-state index in [0.717, 1.165) is 24.0 Å². The number of carbonyl (C=O) groups is 1. The molecular formula is C20H21NO4. The summed E-state index contributed by atoms with van der Waals surface area (Å²) in [6.07, 6.45) is 2.12. The lowest BCUT2D eigenvalue weighted by Crippen LogP contribution is -2.10. The molecule has 0 saturated carbocycles. The molecule has 3 aromatic rings. The Morgan fingerprint density at radius 2 is 1.96 bits per heavy atom. The number of nitrogens with one attached hydrogen (secondary N) is 1. The number of hydrogen-bond donors (Lipinski definition) is 1. The van der Waals surface area contributed by atoms with E-state index in [4.69, 9.17) is 13.9 Å². The van der Waals surface area contributed by atoms with E-state index in [0.29, 0.717) is 23.6 Å². The number of para-hydroxylation sites is 1. The van der Waals surface area contributed by atoms with Crippen LogP contribution in [0, 0.1) is 0 Å². The van der Waals surface area contributed by atoms with Crippen LogP contribution in [0.1, 0.15) is 30.3 Å². The number of ether oxygens (including phenoxy) is 2. The van der Waals surface area contributed by atoms with Crippen LogP contribution in [0.15, 0.2) is 52.9 Å². The maximum atomic E-state index is 12.4. The summed E-state index contributed by atoms with van der Waals surface area (Å²) in [5.41, 5.74) is 1.25. The van der Waals surface area contributed by atoms with Gasteiger partial charge < -0.3 is 19.2 Å². The summed E-state index contributed by atoms with van der Waals surface area (Å²) < 4.78 is 16.5. The number of benzene rings is 2. The lowest BCUT2D eigenvalue weighted by atomic mass is 10.2. The lowest BCUT2D eigenvalue weighted by molar-refractivity contribution is 0.0998. The maximum absolute atomic E-state index is 12.4. The minimum absolute atomic E-state index is 0.239. The molecule has 0 fully saturated rings. The van der Waals surface area contributed by atoms with Crippen molar-refractivity contribution < 1.29 is 18.7 Å². The Morgan fingerprint density at radius 1 is 1.16 bits per heavy atom. The zero-order valence-electron chi connectivity index (χ0n) is 14.4. The van der Waals surface area contributed by atoms with Gasteiger partial charge in [-0.15, -0.1) is 0 Å². The average molecular weight is 339 g/mol. The number of anilines is 1. The Morgan fingerprint density at radius 3 is 2.68 bits per heavy atom. The molecule has 25 heavy (non-hydrogen) atoms. The highest BCUT2D eigenvalue weighted by Gasteiger charge is 2.15. The monoisotopic (exact) mass is 339 g/mol. The van der Waals surface area contributed by atoms with Gasteiger partial charge in [-0.3, -0.25) is 4.79 Å². The Balaban J connectivity index is 1.69. The van der Waals surface area contributed by atoms with E-state index in [1.807, 2.05) is 36.4 Å². The van der Waals surface area contributed by atoms with Crippen molar-refractivity contribution in [1.29, 1.82) is 0 Å². The van der Waals surface area contributed by atoms with Crippen molar-refractivity contribution in [1.82, 2.24) is 0 Å². The summed E-state index contributed by atoms with van der Waals surface area (Å²) in [6, 6.07) is 14.5. The van der Waals surface area contributed by atoms with Gasteiger partial charge in [-0.05, 0) is 42.8 Å². The predicted octanol–water partition coefficient (Wildman–Crippen LogP) is 4.87. The standard InChI is InChI=1S/C20H21NO4/c1-3-4-12-24-16-10-8-15(9-11-16)21-20(22)18-13-14-6-5-7-17(23-2)19(14)25-18/h5-11,13H,3-4,12H2,1-2H3,(H,21,22). The second-order valence-electron chi connectivity index (χ2n) is 5.67. The van der Waals surface area contributed by atoms with Crippen molar-refractivity contribution >= 4 is 22.6 Å². The number of methoxy groups -OCH3 is 1. The molecule has 0 aliphatic heterocycles. The summed E-state index contributed by atoms with van der Waals surface area (Å²) in [5.74, 6) is 1.32. The molecule has 5 nitrogen and oxygen atoms in total. The van der Waals surface area contributed by atoms with Gasteiger partial charge in [0.15, 0.2) is 17.1 Å². The van der Waals surface area contributed by atoms with E-state index in [-0.39, 0.29) is 11.7 Å². The van der Waals surface area contributed by atoms with E-state index < -0.39 is 0 Å². The Labute approximate surface area is 146 Å². The Bertz CT molecular complexity index is 852. The van der Waals surface area contributed by atoms with Crippen LogP contribution in [0.5, 0.6) is 11.5 Å². The SMILES string of the molecule is CCCCOc1ccc(NC(=O)c2cc3cccc(OC)c3o2)cc1. The van der Waals surface area contributed by atoms with Crippen molar-refractivity contribution in [2.75, 3.05) is 19.0 Å². The number of furan rings is 1. The Hall–Kier alpha value is -2.95. The Kier molecular flexibility index (Phi) is 5.23. The molecule has 0 radical (unpaired) electrons. The van der Waals surface area contributed by atoms with E-state index in [1.54, 1.807) is 19.2 Å². The average Bonchev–Trinajstić information content (AvgIpc) is 3.08. The van der Waals surface area contributed by atoms with Gasteiger partial charge in [0.05, 0.1) is 13.7 Å². The van der Waals surface area contributed by atoms with Crippen LogP contribution in [0.4, 0.5) is 5.69 Å². The van der Waals surface area contributed by atoms with Gasteiger partial charge in [-0.25, -0.2) is 0 Å². The molecule has 0 aliphatic rings. The van der Waals surface area contributed by atoms with Gasteiger partial charge in [0.1, 0.15) is 5.75 Å². The van der Waals surface area contributed by atoms with Crippen LogP contribution >= 0.6 is 0 Å². The quantitative estimate of drug-likeness (QED) is 0.624. The third-order valence-corrected chi connectivity index (χ3v) is 3.83. The number of amides is 1. The highest BCUT2D eigenvalue weighted by Crippen LogP contribution is 2.28. The molecule has 0 bridgehead atoms. The maximum Gasteiger partial charge on any atom is 0.291 e. The molecule has 130 valence electrons. The third kappa shape index (κ3) is 3.94. The van der Waals surface area contributed by atoms with E-state index >= 15 is 0 Å². The first-order valence-electron chi connectivity index (χ1n) is 8.32. The summed E-state index contributed by atoms with van der Waals surface area (Å²) in [7, 11) is 1.57. The minimum Gasteiger partial charge on any atom is -0.494 e. The second-order valence-corrected chi connectivity index (χ2v) is 5.67. The highest BCUT2D eigenvalue weighted by atomic mass is 16.5. The molecule has 0 atom stereocenters. The number of carbonyl (C=O) groups excluding carboxylic acids is 1. The second kappa shape index (κ2) is 7.75. The number of unbranched alkanes of at least 4 members (excludes halogenated alkanes) is 1. The predicted molar refractivity (Wildman–Crippen MR) is 97.6 cm³/mol. The summed E-state index contributed by atoms with van der Waals surface area (Å²) >= 11 is 0. The molecule has 1 heterocycles. The number of rotatable bonds is 7. The molecule has 0 spiro atoms. The van der Waals surface area contributed by atoms with Crippen LogP contribution in [-0.4, -0.2) is 19.6 Å². The molecule has 0 saturated heterocycles. The molecule has 2 aromatic carbocycles. The number of fused-ring (bicyclic) bond motifs is 1. The number of hydrogen-bond acceptors (Lipinski definition) is 4. The van der Waals surface area contributed by atoms with Gasteiger partial charge in [0, 0.05) is 11.1 Å². The smallest absolute Gasteiger partial charge is 0.291 e. The van der Waals surface area contributed by atoms with Gasteiger partial charge in [-0.2, -0.15) is 0 Å². The van der Waals surface area contributed by atoms with E-state index in [1.165, 1.54) is 0 Å². The van der Waals surface area contributed by atoms with E-state index in [2.05, 4.69) is 12.2 Å². The molecule has 1 amide bonds. The van der Waals surface area contributed by atoms with E-state index in [9.17, 15) is 4.79 Å². The first-order chi connectivity index (χ1) is 12.2. The van der Waals surface area contributed by atoms with Crippen molar-refractivity contribution in [2.45, 2.75) is 19.8 Å². The van der Waals surface area contributed by atoms with Gasteiger partial charge >= 0.3 is 0 Å². The molecule has 3 rings (SSSR count). The molecular weight excluding hydrogens is 318 g/mol. The zero-order chi connectivity index (χ0) is 17.6. The molecule has 0 unspecified atom stereocenters. The zero-order valence-corrected chi connectivity index (χ0v) is 14.4. The summed E-state index contributed by atoms with van der Waals surface area (Å²) in [6.45, 7) is 2.82. The molecule has 5 heteroatoms. The fraction of sp³-hybridized carbons (Fsp3) is 0.250.